The molecule has 0 aromatic heterocycles. The Morgan fingerprint density at radius 2 is 1.44 bits per heavy atom. The maximum absolute atomic E-state index is 11.3. The fourth-order valence-electron chi connectivity index (χ4n) is 3.06. The van der Waals surface area contributed by atoms with E-state index in [2.05, 4.69) is 10.0 Å². The van der Waals surface area contributed by atoms with Crippen molar-refractivity contribution < 1.29 is 31.4 Å². The quantitative estimate of drug-likeness (QED) is 0.296. The monoisotopic (exact) mass is 504 g/mol. The van der Waals surface area contributed by atoms with E-state index in [0.29, 0.717) is 32.5 Å². The summed E-state index contributed by atoms with van der Waals surface area (Å²) in [7, 11) is -3.25. The molecule has 2 saturated heterocycles. The maximum Gasteiger partial charge on any atom is 0.211 e. The van der Waals surface area contributed by atoms with Gasteiger partial charge >= 0.3 is 0 Å². The highest BCUT2D eigenvalue weighted by molar-refractivity contribution is 7.88. The van der Waals surface area contributed by atoms with Crippen LogP contribution in [0.15, 0.2) is 5.11 Å². The Morgan fingerprint density at radius 3 is 1.81 bits per heavy atom. The number of rotatable bonds is 5. The number of aliphatic hydroxyl groups is 1. The maximum atomic E-state index is 11.3. The van der Waals surface area contributed by atoms with Crippen molar-refractivity contribution in [2.75, 3.05) is 59.5 Å². The second kappa shape index (κ2) is 15.7. The third kappa shape index (κ3) is 11.7. The van der Waals surface area contributed by atoms with Crippen molar-refractivity contribution >= 4 is 20.0 Å². The topological polar surface area (TPSA) is 188 Å². The molecule has 2 heterocycles. The molecule has 0 spiro atoms. The first kappa shape index (κ1) is 33.1. The SMILES string of the molecule is C.CCO.CO[C@@H]1CN(S(C)(=O)=O)CC[C@H]1N.CO[C@@H]1CN(S(C)(=O)=O)CC[C@H]1N=[N+]=[N-]. The van der Waals surface area contributed by atoms with E-state index in [0.717, 1.165) is 6.26 Å². The summed E-state index contributed by atoms with van der Waals surface area (Å²) in [6.07, 6.45) is 2.98. The highest BCUT2D eigenvalue weighted by atomic mass is 32.2. The van der Waals surface area contributed by atoms with Crippen LogP contribution >= 0.6 is 0 Å². The number of hydrogen-bond acceptors (Lipinski definition) is 9. The molecule has 0 aliphatic carbocycles. The van der Waals surface area contributed by atoms with Crippen LogP contribution in [0.3, 0.4) is 0 Å². The number of ether oxygens (including phenoxy) is 2. The standard InChI is InChI=1S/C7H14N4O3S.C7H16N2O3S.C2H6O.CH4/c1-14-7-5-11(15(2,12)13)4-3-6(7)9-10-8;1-12-7-5-9(13(2,10)11)4-3-6(7)8;1-2-3;/h6-7H,3-5H2,1-2H3;6-7H,3-5,8H2,1-2H3;3H,2H2,1H3;1H4/t2*6-,7-;;/m11../s1. The van der Waals surface area contributed by atoms with Gasteiger partial charge in [-0.15, -0.1) is 0 Å². The molecule has 2 rings (SSSR count). The lowest BCUT2D eigenvalue weighted by atomic mass is 10.0. The van der Waals surface area contributed by atoms with E-state index in [1.165, 1.54) is 22.0 Å². The molecule has 15 heteroatoms. The molecule has 0 radical (unpaired) electrons. The number of piperidine rings is 2. The summed E-state index contributed by atoms with van der Waals surface area (Å²) in [6.45, 7) is 3.43. The summed E-state index contributed by atoms with van der Waals surface area (Å²) in [5, 5.41) is 11.2. The van der Waals surface area contributed by atoms with Gasteiger partial charge in [0.15, 0.2) is 0 Å². The minimum atomic E-state index is -3.19. The van der Waals surface area contributed by atoms with Gasteiger partial charge < -0.3 is 20.3 Å². The summed E-state index contributed by atoms with van der Waals surface area (Å²) < 4.78 is 57.9. The lowest BCUT2D eigenvalue weighted by Gasteiger charge is -2.34. The van der Waals surface area contributed by atoms with Crippen LogP contribution in [0, 0.1) is 0 Å². The Morgan fingerprint density at radius 1 is 1.03 bits per heavy atom. The number of hydrogen-bond donors (Lipinski definition) is 2. The highest BCUT2D eigenvalue weighted by Crippen LogP contribution is 2.19. The second-order valence-corrected chi connectivity index (χ2v) is 11.1. The lowest BCUT2D eigenvalue weighted by Crippen LogP contribution is -2.52. The molecule has 4 atom stereocenters. The van der Waals surface area contributed by atoms with Gasteiger partial charge in [-0.2, -0.15) is 8.61 Å². The Bertz CT molecular complexity index is 774. The van der Waals surface area contributed by atoms with E-state index in [1.807, 2.05) is 0 Å². The van der Waals surface area contributed by atoms with E-state index in [9.17, 15) is 16.8 Å². The molecule has 13 nitrogen and oxygen atoms in total. The largest absolute Gasteiger partial charge is 0.397 e. The molecule has 2 fully saturated rings. The zero-order chi connectivity index (χ0) is 24.2. The summed E-state index contributed by atoms with van der Waals surface area (Å²) in [6, 6.07) is -0.332. The Hall–Kier alpha value is -1.03. The molecule has 32 heavy (non-hydrogen) atoms. The summed E-state index contributed by atoms with van der Waals surface area (Å²) in [4.78, 5) is 2.72. The first-order chi connectivity index (χ1) is 14.3. The first-order valence-electron chi connectivity index (χ1n) is 9.72. The Labute approximate surface area is 192 Å². The molecule has 0 saturated carbocycles. The molecule has 192 valence electrons. The smallest absolute Gasteiger partial charge is 0.211 e. The molecular formula is C17H40N6O7S2. The predicted molar refractivity (Wildman–Crippen MR) is 124 cm³/mol. The van der Waals surface area contributed by atoms with Gasteiger partial charge in [-0.25, -0.2) is 16.8 Å². The molecule has 3 N–H and O–H groups in total. The molecule has 0 amide bonds. The van der Waals surface area contributed by atoms with Gasteiger partial charge in [-0.3, -0.25) is 0 Å². The van der Waals surface area contributed by atoms with Crippen molar-refractivity contribution in [3.05, 3.63) is 10.4 Å². The predicted octanol–water partition coefficient (Wildman–Crippen LogP) is -0.0257. The van der Waals surface area contributed by atoms with Crippen LogP contribution in [0.25, 0.3) is 10.4 Å². The summed E-state index contributed by atoms with van der Waals surface area (Å²) in [5.41, 5.74) is 14.1. The van der Waals surface area contributed by atoms with Crippen LogP contribution in [-0.2, 0) is 29.5 Å². The van der Waals surface area contributed by atoms with Gasteiger partial charge in [-0.1, -0.05) is 12.5 Å². The van der Waals surface area contributed by atoms with Crippen molar-refractivity contribution in [3.63, 3.8) is 0 Å². The van der Waals surface area contributed by atoms with Gasteiger partial charge in [0.1, 0.15) is 0 Å². The molecule has 0 bridgehead atoms. The van der Waals surface area contributed by atoms with Crippen LogP contribution in [0.5, 0.6) is 0 Å². The number of aliphatic hydroxyl groups excluding tert-OH is 1. The van der Waals surface area contributed by atoms with Crippen molar-refractivity contribution in [3.8, 4) is 0 Å². The average molecular weight is 505 g/mol. The van der Waals surface area contributed by atoms with Crippen LogP contribution in [0.2, 0.25) is 0 Å². The highest BCUT2D eigenvalue weighted by Gasteiger charge is 2.32. The summed E-state index contributed by atoms with van der Waals surface area (Å²) >= 11 is 0. The third-order valence-corrected chi connectivity index (χ3v) is 7.34. The van der Waals surface area contributed by atoms with Gasteiger partial charge in [-0.05, 0) is 25.3 Å². The fourth-order valence-corrected chi connectivity index (χ4v) is 4.77. The minimum absolute atomic E-state index is 0. The van der Waals surface area contributed by atoms with Crippen LogP contribution in [-0.4, -0.2) is 114 Å². The van der Waals surface area contributed by atoms with E-state index >= 15 is 0 Å². The molecule has 2 aliphatic rings. The molecular weight excluding hydrogens is 464 g/mol. The fraction of sp³-hybridized carbons (Fsp3) is 1.00. The molecule has 0 unspecified atom stereocenters. The zero-order valence-corrected chi connectivity index (χ0v) is 20.4. The van der Waals surface area contributed by atoms with Crippen molar-refractivity contribution in [1.29, 1.82) is 0 Å². The van der Waals surface area contributed by atoms with E-state index in [1.54, 1.807) is 14.0 Å². The van der Waals surface area contributed by atoms with Gasteiger partial charge in [0.25, 0.3) is 0 Å². The Balaban J connectivity index is 0. The third-order valence-electron chi connectivity index (χ3n) is 4.80. The van der Waals surface area contributed by atoms with Gasteiger partial charge in [0.05, 0.1) is 30.8 Å². The lowest BCUT2D eigenvalue weighted by molar-refractivity contribution is 0.0415. The van der Waals surface area contributed by atoms with Crippen LogP contribution < -0.4 is 5.73 Å². The minimum Gasteiger partial charge on any atom is -0.397 e. The Kier molecular flexibility index (Phi) is 16.3. The van der Waals surface area contributed by atoms with Crippen molar-refractivity contribution in [2.24, 2.45) is 10.8 Å². The molecule has 0 aromatic carbocycles. The summed E-state index contributed by atoms with van der Waals surface area (Å²) in [5.74, 6) is 0. The van der Waals surface area contributed by atoms with Gasteiger partial charge in [0, 0.05) is 58.0 Å². The van der Waals surface area contributed by atoms with Crippen molar-refractivity contribution in [2.45, 2.75) is 51.5 Å². The number of nitrogens with two attached hydrogens (primary N) is 1. The first-order valence-corrected chi connectivity index (χ1v) is 13.4. The van der Waals surface area contributed by atoms with Crippen molar-refractivity contribution in [1.82, 2.24) is 8.61 Å². The van der Waals surface area contributed by atoms with Gasteiger partial charge in [0.2, 0.25) is 20.0 Å². The average Bonchev–Trinajstić information content (AvgIpc) is 2.68. The van der Waals surface area contributed by atoms with Crippen LogP contribution in [0.1, 0.15) is 27.2 Å². The second-order valence-electron chi connectivity index (χ2n) is 7.12. The molecule has 2 aliphatic heterocycles. The van der Waals surface area contributed by atoms with E-state index in [-0.39, 0.29) is 44.9 Å². The zero-order valence-electron chi connectivity index (χ0n) is 18.8. The molecule has 0 aromatic rings. The van der Waals surface area contributed by atoms with Crippen LogP contribution in [0.4, 0.5) is 0 Å². The number of nitrogens with zero attached hydrogens (tertiary/aromatic N) is 5. The van der Waals surface area contributed by atoms with E-state index in [4.69, 9.17) is 25.8 Å². The normalized spacial score (nSPS) is 26.8. The number of azide groups is 1. The van der Waals surface area contributed by atoms with E-state index < -0.39 is 20.0 Å². The number of sulfonamides is 2. The number of methoxy groups -OCH3 is 2.